The highest BCUT2D eigenvalue weighted by Crippen LogP contribution is 2.34. The van der Waals surface area contributed by atoms with Crippen LogP contribution in [0, 0.1) is 18.2 Å². The summed E-state index contributed by atoms with van der Waals surface area (Å²) in [6, 6.07) is 4.58. The molecule has 1 saturated heterocycles. The molecular weight excluding hydrogens is 319 g/mol. The third kappa shape index (κ3) is 4.83. The summed E-state index contributed by atoms with van der Waals surface area (Å²) in [5, 5.41) is 0. The van der Waals surface area contributed by atoms with Gasteiger partial charge in [-0.05, 0) is 37.5 Å². The summed E-state index contributed by atoms with van der Waals surface area (Å²) in [5.74, 6) is -0.525. The fraction of sp³-hybridized carbons (Fsp3) is 0.571. The van der Waals surface area contributed by atoms with Crippen LogP contribution >= 0.6 is 10.7 Å². The summed E-state index contributed by atoms with van der Waals surface area (Å²) in [6.45, 7) is 2.83. The van der Waals surface area contributed by atoms with E-state index in [4.69, 9.17) is 20.2 Å². The number of benzene rings is 1. The number of hydrogen-bond acceptors (Lipinski definition) is 4. The lowest BCUT2D eigenvalue weighted by atomic mass is 9.83. The average Bonchev–Trinajstić information content (AvgIpc) is 2.39. The van der Waals surface area contributed by atoms with Crippen LogP contribution in [0.3, 0.4) is 0 Å². The van der Waals surface area contributed by atoms with Gasteiger partial charge in [-0.3, -0.25) is 0 Å². The van der Waals surface area contributed by atoms with Gasteiger partial charge in [0.15, 0.2) is 11.6 Å². The van der Waals surface area contributed by atoms with Crippen molar-refractivity contribution < 1.29 is 22.3 Å². The van der Waals surface area contributed by atoms with Gasteiger partial charge in [0.1, 0.15) is 0 Å². The molecule has 118 valence electrons. The molecular formula is C14H18ClFO4S. The van der Waals surface area contributed by atoms with Crippen molar-refractivity contribution >= 4 is 19.7 Å². The molecule has 1 aromatic carbocycles. The van der Waals surface area contributed by atoms with Gasteiger partial charge in [-0.1, -0.05) is 6.07 Å². The van der Waals surface area contributed by atoms with Gasteiger partial charge in [-0.15, -0.1) is 0 Å². The van der Waals surface area contributed by atoms with E-state index in [1.54, 1.807) is 12.1 Å². The zero-order valence-corrected chi connectivity index (χ0v) is 13.3. The van der Waals surface area contributed by atoms with Gasteiger partial charge in [-0.2, -0.15) is 0 Å². The molecule has 1 fully saturated rings. The number of rotatable bonds is 5. The summed E-state index contributed by atoms with van der Waals surface area (Å²) >= 11 is 0. The van der Waals surface area contributed by atoms with Crippen molar-refractivity contribution in [1.29, 1.82) is 0 Å². The maximum atomic E-state index is 13.7. The van der Waals surface area contributed by atoms with Gasteiger partial charge in [-0.25, -0.2) is 12.8 Å². The minimum Gasteiger partial charge on any atom is -0.490 e. The topological polar surface area (TPSA) is 52.6 Å². The molecule has 0 radical (unpaired) electrons. The van der Waals surface area contributed by atoms with E-state index in [0.717, 1.165) is 5.56 Å². The van der Waals surface area contributed by atoms with Crippen molar-refractivity contribution in [3.05, 3.63) is 29.6 Å². The van der Waals surface area contributed by atoms with E-state index in [0.29, 0.717) is 26.1 Å². The number of halogens is 2. The van der Waals surface area contributed by atoms with E-state index in [9.17, 15) is 12.8 Å². The highest BCUT2D eigenvalue weighted by molar-refractivity contribution is 8.13. The second-order valence-electron chi connectivity index (χ2n) is 5.52. The SMILES string of the molecule is Cc1ccc(F)c(OCC2(CS(=O)(=O)Cl)CCOCC2)c1. The first-order valence-corrected chi connectivity index (χ1v) is 9.17. The van der Waals surface area contributed by atoms with Crippen molar-refractivity contribution in [1.82, 2.24) is 0 Å². The molecule has 1 heterocycles. The van der Waals surface area contributed by atoms with E-state index in [2.05, 4.69) is 0 Å². The second-order valence-corrected chi connectivity index (χ2v) is 8.30. The third-order valence-electron chi connectivity index (χ3n) is 3.65. The highest BCUT2D eigenvalue weighted by atomic mass is 35.7. The molecule has 7 heteroatoms. The molecule has 0 atom stereocenters. The Hall–Kier alpha value is -0.850. The lowest BCUT2D eigenvalue weighted by molar-refractivity contribution is 0.00162. The monoisotopic (exact) mass is 336 g/mol. The molecule has 0 aromatic heterocycles. The van der Waals surface area contributed by atoms with Crippen LogP contribution in [0.15, 0.2) is 18.2 Å². The molecule has 2 rings (SSSR count). The molecule has 0 aliphatic carbocycles. The number of aryl methyl sites for hydroxylation is 1. The van der Waals surface area contributed by atoms with Gasteiger partial charge in [0.05, 0.1) is 12.4 Å². The number of ether oxygens (including phenoxy) is 2. The quantitative estimate of drug-likeness (QED) is 0.776. The van der Waals surface area contributed by atoms with E-state index < -0.39 is 20.3 Å². The van der Waals surface area contributed by atoms with E-state index >= 15 is 0 Å². The van der Waals surface area contributed by atoms with Crippen LogP contribution in [0.1, 0.15) is 18.4 Å². The van der Waals surface area contributed by atoms with Crippen LogP contribution in [0.4, 0.5) is 4.39 Å². The predicted octanol–water partition coefficient (Wildman–Crippen LogP) is 2.88. The molecule has 0 saturated carbocycles. The minimum atomic E-state index is -3.66. The van der Waals surface area contributed by atoms with Crippen LogP contribution in [-0.2, 0) is 13.8 Å². The number of hydrogen-bond donors (Lipinski definition) is 0. The molecule has 0 unspecified atom stereocenters. The first kappa shape index (κ1) is 16.5. The van der Waals surface area contributed by atoms with Gasteiger partial charge >= 0.3 is 0 Å². The smallest absolute Gasteiger partial charge is 0.233 e. The standard InChI is InChI=1S/C14H18ClFO4S/c1-11-2-3-12(16)13(8-11)20-9-14(10-21(15,17)18)4-6-19-7-5-14/h2-3,8H,4-7,9-10H2,1H3. The maximum absolute atomic E-state index is 13.7. The second kappa shape index (κ2) is 6.50. The first-order chi connectivity index (χ1) is 9.80. The molecule has 4 nitrogen and oxygen atoms in total. The van der Waals surface area contributed by atoms with Gasteiger partial charge in [0.25, 0.3) is 0 Å². The van der Waals surface area contributed by atoms with Gasteiger partial charge in [0, 0.05) is 29.3 Å². The normalized spacial score (nSPS) is 18.4. The van der Waals surface area contributed by atoms with Crippen LogP contribution < -0.4 is 4.74 Å². The van der Waals surface area contributed by atoms with E-state index in [-0.39, 0.29) is 18.1 Å². The van der Waals surface area contributed by atoms with Gasteiger partial charge < -0.3 is 9.47 Å². The van der Waals surface area contributed by atoms with Crippen LogP contribution in [0.25, 0.3) is 0 Å². The van der Waals surface area contributed by atoms with Crippen molar-refractivity contribution in [2.45, 2.75) is 19.8 Å². The predicted molar refractivity (Wildman–Crippen MR) is 78.8 cm³/mol. The fourth-order valence-electron chi connectivity index (χ4n) is 2.45. The van der Waals surface area contributed by atoms with Crippen LogP contribution in [0.2, 0.25) is 0 Å². The Morgan fingerprint density at radius 1 is 1.38 bits per heavy atom. The molecule has 0 N–H and O–H groups in total. The molecule has 21 heavy (non-hydrogen) atoms. The van der Waals surface area contributed by atoms with Crippen LogP contribution in [-0.4, -0.2) is 34.0 Å². The maximum Gasteiger partial charge on any atom is 0.233 e. The van der Waals surface area contributed by atoms with Gasteiger partial charge in [0.2, 0.25) is 9.05 Å². The third-order valence-corrected chi connectivity index (χ3v) is 4.94. The summed E-state index contributed by atoms with van der Waals surface area (Å²) in [4.78, 5) is 0. The molecule has 1 aromatic rings. The Labute approximate surface area is 128 Å². The Kier molecular flexibility index (Phi) is 5.11. The first-order valence-electron chi connectivity index (χ1n) is 6.69. The Bertz CT molecular complexity index is 597. The largest absolute Gasteiger partial charge is 0.490 e. The Balaban J connectivity index is 2.14. The molecule has 0 spiro atoms. The van der Waals surface area contributed by atoms with E-state index in [1.807, 2.05) is 6.92 Å². The lowest BCUT2D eigenvalue weighted by Gasteiger charge is -2.35. The Morgan fingerprint density at radius 2 is 2.05 bits per heavy atom. The van der Waals surface area contributed by atoms with Crippen molar-refractivity contribution in [2.24, 2.45) is 5.41 Å². The fourth-order valence-corrected chi connectivity index (χ4v) is 4.25. The van der Waals surface area contributed by atoms with Crippen LogP contribution in [0.5, 0.6) is 5.75 Å². The average molecular weight is 337 g/mol. The zero-order chi connectivity index (χ0) is 15.5. The molecule has 0 amide bonds. The zero-order valence-electron chi connectivity index (χ0n) is 11.8. The van der Waals surface area contributed by atoms with Crippen molar-refractivity contribution in [3.63, 3.8) is 0 Å². The summed E-state index contributed by atoms with van der Waals surface area (Å²) in [7, 11) is 1.73. The molecule has 1 aliphatic heterocycles. The Morgan fingerprint density at radius 3 is 2.67 bits per heavy atom. The molecule has 1 aliphatic rings. The summed E-state index contributed by atoms with van der Waals surface area (Å²) < 4.78 is 47.4. The lowest BCUT2D eigenvalue weighted by Crippen LogP contribution is -2.40. The highest BCUT2D eigenvalue weighted by Gasteiger charge is 2.38. The summed E-state index contributed by atoms with van der Waals surface area (Å²) in [5.41, 5.74) is 0.243. The van der Waals surface area contributed by atoms with E-state index in [1.165, 1.54) is 6.07 Å². The summed E-state index contributed by atoms with van der Waals surface area (Å²) in [6.07, 6.45) is 1.04. The van der Waals surface area contributed by atoms with Crippen molar-refractivity contribution in [2.75, 3.05) is 25.6 Å². The molecule has 0 bridgehead atoms. The minimum absolute atomic E-state index is 0.0999. The van der Waals surface area contributed by atoms with Crippen molar-refractivity contribution in [3.8, 4) is 5.75 Å².